The summed E-state index contributed by atoms with van der Waals surface area (Å²) in [5, 5.41) is 3.50. The molecule has 104 valence electrons. The van der Waals surface area contributed by atoms with Crippen molar-refractivity contribution in [1.29, 1.82) is 0 Å². The molecule has 2 saturated heterocycles. The van der Waals surface area contributed by atoms with E-state index in [1.807, 2.05) is 0 Å². The molecular weight excluding hydrogens is 232 g/mol. The van der Waals surface area contributed by atoms with E-state index >= 15 is 0 Å². The molecule has 1 aromatic rings. The average Bonchev–Trinajstić information content (AvgIpc) is 2.49. The SMILES string of the molecule is CCc1cccc(N2CCC3(CCNCC3)CC2)c1. The first-order valence-electron chi connectivity index (χ1n) is 7.86. The van der Waals surface area contributed by atoms with E-state index in [0.717, 1.165) is 6.42 Å². The van der Waals surface area contributed by atoms with Gasteiger partial charge in [0.1, 0.15) is 0 Å². The van der Waals surface area contributed by atoms with Gasteiger partial charge in [0.2, 0.25) is 0 Å². The molecule has 2 heteroatoms. The maximum Gasteiger partial charge on any atom is 0.0368 e. The topological polar surface area (TPSA) is 15.3 Å². The molecule has 3 rings (SSSR count). The summed E-state index contributed by atoms with van der Waals surface area (Å²) in [7, 11) is 0. The van der Waals surface area contributed by atoms with Gasteiger partial charge in [-0.25, -0.2) is 0 Å². The van der Waals surface area contributed by atoms with E-state index < -0.39 is 0 Å². The summed E-state index contributed by atoms with van der Waals surface area (Å²) in [4.78, 5) is 2.59. The van der Waals surface area contributed by atoms with Crippen LogP contribution >= 0.6 is 0 Å². The van der Waals surface area contributed by atoms with Crippen molar-refractivity contribution in [3.05, 3.63) is 29.8 Å². The highest BCUT2D eigenvalue weighted by Crippen LogP contribution is 2.40. The molecule has 2 nitrogen and oxygen atoms in total. The van der Waals surface area contributed by atoms with Gasteiger partial charge >= 0.3 is 0 Å². The lowest BCUT2D eigenvalue weighted by Gasteiger charge is -2.45. The molecular formula is C17H26N2. The van der Waals surface area contributed by atoms with Crippen LogP contribution in [-0.2, 0) is 6.42 Å². The molecule has 1 spiro atoms. The van der Waals surface area contributed by atoms with Crippen molar-refractivity contribution in [2.45, 2.75) is 39.0 Å². The molecule has 19 heavy (non-hydrogen) atoms. The number of rotatable bonds is 2. The minimum Gasteiger partial charge on any atom is -0.371 e. The Morgan fingerprint density at radius 2 is 1.84 bits per heavy atom. The Balaban J connectivity index is 1.65. The van der Waals surface area contributed by atoms with Crippen LogP contribution in [0.2, 0.25) is 0 Å². The van der Waals surface area contributed by atoms with Crippen molar-refractivity contribution in [3.8, 4) is 0 Å². The predicted octanol–water partition coefficient (Wildman–Crippen LogP) is 3.22. The summed E-state index contributed by atoms with van der Waals surface area (Å²) in [6.45, 7) is 7.18. The molecule has 2 fully saturated rings. The molecule has 0 saturated carbocycles. The number of hydrogen-bond acceptors (Lipinski definition) is 2. The van der Waals surface area contributed by atoms with Crippen molar-refractivity contribution >= 4 is 5.69 Å². The third-order valence-electron chi connectivity index (χ3n) is 5.17. The van der Waals surface area contributed by atoms with Crippen molar-refractivity contribution in [1.82, 2.24) is 5.32 Å². The van der Waals surface area contributed by atoms with Crippen LogP contribution in [0, 0.1) is 5.41 Å². The number of anilines is 1. The number of benzene rings is 1. The number of nitrogens with zero attached hydrogens (tertiary/aromatic N) is 1. The van der Waals surface area contributed by atoms with Gasteiger partial charge in [-0.05, 0) is 68.3 Å². The Morgan fingerprint density at radius 1 is 1.11 bits per heavy atom. The molecule has 0 unspecified atom stereocenters. The first-order valence-corrected chi connectivity index (χ1v) is 7.86. The highest BCUT2D eigenvalue weighted by Gasteiger charge is 2.35. The van der Waals surface area contributed by atoms with E-state index in [1.54, 1.807) is 0 Å². The molecule has 0 atom stereocenters. The van der Waals surface area contributed by atoms with Crippen LogP contribution < -0.4 is 10.2 Å². The predicted molar refractivity (Wildman–Crippen MR) is 81.8 cm³/mol. The maximum atomic E-state index is 3.50. The van der Waals surface area contributed by atoms with Crippen LogP contribution in [-0.4, -0.2) is 26.2 Å². The number of nitrogens with one attached hydrogen (secondary N) is 1. The average molecular weight is 258 g/mol. The van der Waals surface area contributed by atoms with Gasteiger partial charge in [-0.3, -0.25) is 0 Å². The largest absolute Gasteiger partial charge is 0.371 e. The van der Waals surface area contributed by atoms with Crippen molar-refractivity contribution in [3.63, 3.8) is 0 Å². The van der Waals surface area contributed by atoms with E-state index in [2.05, 4.69) is 41.4 Å². The summed E-state index contributed by atoms with van der Waals surface area (Å²) in [6.07, 6.45) is 6.67. The molecule has 0 radical (unpaired) electrons. The molecule has 0 aromatic heterocycles. The maximum absolute atomic E-state index is 3.50. The number of aryl methyl sites for hydroxylation is 1. The summed E-state index contributed by atoms with van der Waals surface area (Å²) >= 11 is 0. The highest BCUT2D eigenvalue weighted by molar-refractivity contribution is 5.49. The fraction of sp³-hybridized carbons (Fsp3) is 0.647. The summed E-state index contributed by atoms with van der Waals surface area (Å²) in [5.74, 6) is 0. The second-order valence-electron chi connectivity index (χ2n) is 6.26. The Bertz CT molecular complexity index is 411. The monoisotopic (exact) mass is 258 g/mol. The van der Waals surface area contributed by atoms with E-state index in [4.69, 9.17) is 0 Å². The van der Waals surface area contributed by atoms with Gasteiger partial charge in [-0.15, -0.1) is 0 Å². The van der Waals surface area contributed by atoms with E-state index in [1.165, 1.54) is 63.1 Å². The third kappa shape index (κ3) is 2.79. The standard InChI is InChI=1S/C17H26N2/c1-2-15-4-3-5-16(14-15)19-12-8-17(9-13-19)6-10-18-11-7-17/h3-5,14,18H,2,6-13H2,1H3. The molecule has 1 aromatic carbocycles. The molecule has 2 aliphatic heterocycles. The van der Waals surface area contributed by atoms with Crippen LogP contribution in [0.4, 0.5) is 5.69 Å². The van der Waals surface area contributed by atoms with Gasteiger partial charge in [0.05, 0.1) is 0 Å². The number of hydrogen-bond donors (Lipinski definition) is 1. The van der Waals surface area contributed by atoms with Gasteiger partial charge in [0.15, 0.2) is 0 Å². The van der Waals surface area contributed by atoms with E-state index in [0.29, 0.717) is 5.41 Å². The van der Waals surface area contributed by atoms with E-state index in [9.17, 15) is 0 Å². The molecule has 0 aliphatic carbocycles. The van der Waals surface area contributed by atoms with Gasteiger partial charge in [0.25, 0.3) is 0 Å². The lowest BCUT2D eigenvalue weighted by atomic mass is 9.71. The fourth-order valence-corrected chi connectivity index (χ4v) is 3.67. The quantitative estimate of drug-likeness (QED) is 0.876. The molecule has 1 N–H and O–H groups in total. The van der Waals surface area contributed by atoms with Gasteiger partial charge in [-0.1, -0.05) is 19.1 Å². The van der Waals surface area contributed by atoms with Crippen molar-refractivity contribution in [2.75, 3.05) is 31.1 Å². The normalized spacial score (nSPS) is 22.7. The van der Waals surface area contributed by atoms with Gasteiger partial charge in [-0.2, -0.15) is 0 Å². The zero-order chi connectivity index (χ0) is 13.1. The minimum atomic E-state index is 0.657. The van der Waals surface area contributed by atoms with Crippen LogP contribution in [0.1, 0.15) is 38.2 Å². The smallest absolute Gasteiger partial charge is 0.0368 e. The van der Waals surface area contributed by atoms with Gasteiger partial charge in [0, 0.05) is 18.8 Å². The third-order valence-corrected chi connectivity index (χ3v) is 5.17. The Labute approximate surface area is 117 Å². The van der Waals surface area contributed by atoms with Crippen LogP contribution in [0.15, 0.2) is 24.3 Å². The van der Waals surface area contributed by atoms with Crippen LogP contribution in [0.3, 0.4) is 0 Å². The molecule has 2 heterocycles. The van der Waals surface area contributed by atoms with Crippen LogP contribution in [0.25, 0.3) is 0 Å². The lowest BCUT2D eigenvalue weighted by molar-refractivity contribution is 0.155. The highest BCUT2D eigenvalue weighted by atomic mass is 15.1. The van der Waals surface area contributed by atoms with Crippen LogP contribution in [0.5, 0.6) is 0 Å². The van der Waals surface area contributed by atoms with Gasteiger partial charge < -0.3 is 10.2 Å². The Kier molecular flexibility index (Phi) is 3.79. The van der Waals surface area contributed by atoms with Crippen molar-refractivity contribution < 1.29 is 0 Å². The lowest BCUT2D eigenvalue weighted by Crippen LogP contribution is -2.45. The molecule has 0 bridgehead atoms. The first kappa shape index (κ1) is 13.0. The Morgan fingerprint density at radius 3 is 2.53 bits per heavy atom. The second-order valence-corrected chi connectivity index (χ2v) is 6.26. The first-order chi connectivity index (χ1) is 9.31. The zero-order valence-electron chi connectivity index (χ0n) is 12.1. The second kappa shape index (κ2) is 5.54. The van der Waals surface area contributed by atoms with E-state index in [-0.39, 0.29) is 0 Å². The summed E-state index contributed by atoms with van der Waals surface area (Å²) < 4.78 is 0. The molecule has 2 aliphatic rings. The Hall–Kier alpha value is -1.02. The number of piperidine rings is 2. The fourth-order valence-electron chi connectivity index (χ4n) is 3.67. The molecule has 0 amide bonds. The summed E-state index contributed by atoms with van der Waals surface area (Å²) in [5.41, 5.74) is 3.55. The summed E-state index contributed by atoms with van der Waals surface area (Å²) in [6, 6.07) is 9.10. The van der Waals surface area contributed by atoms with Crippen molar-refractivity contribution in [2.24, 2.45) is 5.41 Å². The zero-order valence-corrected chi connectivity index (χ0v) is 12.1. The minimum absolute atomic E-state index is 0.657.